The number of hydrogen-bond acceptors (Lipinski definition) is 4. The summed E-state index contributed by atoms with van der Waals surface area (Å²) in [5, 5.41) is -0.200. The van der Waals surface area contributed by atoms with Gasteiger partial charge in [0, 0.05) is 0 Å². The van der Waals surface area contributed by atoms with Crippen LogP contribution in [0, 0.1) is 0 Å². The van der Waals surface area contributed by atoms with Crippen molar-refractivity contribution in [3.63, 3.8) is 0 Å². The highest BCUT2D eigenvalue weighted by Gasteiger charge is 2.28. The van der Waals surface area contributed by atoms with Crippen molar-refractivity contribution in [3.8, 4) is 5.75 Å². The van der Waals surface area contributed by atoms with Gasteiger partial charge in [0.25, 0.3) is 0 Å². The zero-order valence-corrected chi connectivity index (χ0v) is 12.5. The van der Waals surface area contributed by atoms with Crippen molar-refractivity contribution in [2.75, 3.05) is 12.4 Å². The minimum Gasteiger partial charge on any atom is -0.492 e. The van der Waals surface area contributed by atoms with Crippen LogP contribution < -0.4 is 4.74 Å². The molecular formula is C15H20O4S. The van der Waals surface area contributed by atoms with Gasteiger partial charge in [-0.3, -0.25) is 4.79 Å². The van der Waals surface area contributed by atoms with Gasteiger partial charge in [-0.25, -0.2) is 8.42 Å². The number of ether oxygens (including phenoxy) is 1. The second kappa shape index (κ2) is 6.39. The van der Waals surface area contributed by atoms with Crippen molar-refractivity contribution < 1.29 is 17.9 Å². The Morgan fingerprint density at radius 2 is 1.90 bits per heavy atom. The van der Waals surface area contributed by atoms with Crippen LogP contribution in [0.5, 0.6) is 5.75 Å². The van der Waals surface area contributed by atoms with Gasteiger partial charge in [-0.1, -0.05) is 25.0 Å². The lowest BCUT2D eigenvalue weighted by atomic mass is 10.1. The molecule has 0 N–H and O–H groups in total. The fourth-order valence-electron chi connectivity index (χ4n) is 2.57. The number of hydrogen-bond donors (Lipinski definition) is 0. The molecule has 110 valence electrons. The summed E-state index contributed by atoms with van der Waals surface area (Å²) in [7, 11) is -3.07. The van der Waals surface area contributed by atoms with Gasteiger partial charge in [0.1, 0.15) is 12.4 Å². The van der Waals surface area contributed by atoms with Gasteiger partial charge < -0.3 is 4.74 Å². The monoisotopic (exact) mass is 296 g/mol. The molecule has 0 atom stereocenters. The molecule has 0 amide bonds. The number of rotatable bonds is 6. The Hall–Kier alpha value is -1.36. The molecule has 1 aromatic rings. The highest BCUT2D eigenvalue weighted by atomic mass is 32.2. The van der Waals surface area contributed by atoms with Crippen LogP contribution in [0.3, 0.4) is 0 Å². The van der Waals surface area contributed by atoms with Crippen molar-refractivity contribution in [2.45, 2.75) is 37.9 Å². The van der Waals surface area contributed by atoms with Crippen molar-refractivity contribution in [2.24, 2.45) is 0 Å². The zero-order valence-electron chi connectivity index (χ0n) is 11.7. The Bertz CT molecular complexity index is 571. The molecule has 0 bridgehead atoms. The number of Topliss-reactive ketones (excluding diaryl/α,β-unsaturated/α-hetero) is 1. The first-order chi connectivity index (χ1) is 9.50. The van der Waals surface area contributed by atoms with Gasteiger partial charge in [-0.2, -0.15) is 0 Å². The van der Waals surface area contributed by atoms with E-state index in [4.69, 9.17) is 4.74 Å². The van der Waals surface area contributed by atoms with Crippen LogP contribution in [0.2, 0.25) is 0 Å². The second-order valence-corrected chi connectivity index (χ2v) is 7.57. The minimum absolute atomic E-state index is 0.0178. The molecule has 0 saturated heterocycles. The maximum Gasteiger partial charge on any atom is 0.163 e. The van der Waals surface area contributed by atoms with Crippen LogP contribution in [0.15, 0.2) is 24.3 Å². The van der Waals surface area contributed by atoms with Gasteiger partial charge in [0.05, 0.1) is 16.6 Å². The molecule has 1 aliphatic carbocycles. The topological polar surface area (TPSA) is 60.4 Å². The molecule has 2 rings (SSSR count). The van der Waals surface area contributed by atoms with E-state index in [-0.39, 0.29) is 23.4 Å². The molecule has 0 spiro atoms. The van der Waals surface area contributed by atoms with E-state index in [9.17, 15) is 13.2 Å². The molecule has 4 nitrogen and oxygen atoms in total. The molecule has 0 heterocycles. The lowest BCUT2D eigenvalue weighted by Crippen LogP contribution is -2.24. The second-order valence-electron chi connectivity index (χ2n) is 5.17. The Balaban J connectivity index is 1.94. The van der Waals surface area contributed by atoms with E-state index in [1.165, 1.54) is 6.92 Å². The summed E-state index contributed by atoms with van der Waals surface area (Å²) >= 11 is 0. The maximum absolute atomic E-state index is 12.1. The summed E-state index contributed by atoms with van der Waals surface area (Å²) in [6.45, 7) is 1.57. The van der Waals surface area contributed by atoms with Gasteiger partial charge >= 0.3 is 0 Å². The van der Waals surface area contributed by atoms with Gasteiger partial charge in [0.2, 0.25) is 0 Å². The van der Waals surface area contributed by atoms with Crippen LogP contribution in [-0.2, 0) is 9.84 Å². The first-order valence-corrected chi connectivity index (χ1v) is 8.66. The molecule has 0 radical (unpaired) electrons. The van der Waals surface area contributed by atoms with E-state index in [0.717, 1.165) is 25.7 Å². The summed E-state index contributed by atoms with van der Waals surface area (Å²) in [5.41, 5.74) is 0.491. The fourth-order valence-corrected chi connectivity index (χ4v) is 4.27. The molecule has 0 aliphatic heterocycles. The first-order valence-electron chi connectivity index (χ1n) is 6.95. The van der Waals surface area contributed by atoms with Crippen molar-refractivity contribution in [1.82, 2.24) is 0 Å². The van der Waals surface area contributed by atoms with Crippen LogP contribution in [0.25, 0.3) is 0 Å². The molecule has 1 saturated carbocycles. The zero-order chi connectivity index (χ0) is 14.6. The molecular weight excluding hydrogens is 276 g/mol. The first kappa shape index (κ1) is 15.0. The lowest BCUT2D eigenvalue weighted by Gasteiger charge is -2.13. The van der Waals surface area contributed by atoms with Crippen LogP contribution in [0.1, 0.15) is 43.0 Å². The number of carbonyl (C=O) groups excluding carboxylic acids is 1. The Morgan fingerprint density at radius 3 is 2.55 bits per heavy atom. The Morgan fingerprint density at radius 1 is 1.25 bits per heavy atom. The third kappa shape index (κ3) is 3.60. The number of sulfone groups is 1. The summed E-state index contributed by atoms with van der Waals surface area (Å²) in [6, 6.07) is 6.91. The van der Waals surface area contributed by atoms with E-state index >= 15 is 0 Å². The van der Waals surface area contributed by atoms with Crippen LogP contribution in [0.4, 0.5) is 0 Å². The van der Waals surface area contributed by atoms with Gasteiger partial charge in [0.15, 0.2) is 15.6 Å². The molecule has 1 aliphatic rings. The highest BCUT2D eigenvalue weighted by Crippen LogP contribution is 2.25. The predicted molar refractivity (Wildman–Crippen MR) is 78.0 cm³/mol. The average Bonchev–Trinajstić information content (AvgIpc) is 2.93. The maximum atomic E-state index is 12.1. The van der Waals surface area contributed by atoms with E-state index in [1.54, 1.807) is 24.3 Å². The standard InChI is InChI=1S/C15H20O4S/c1-12(16)14-8-4-5-9-15(14)19-10-11-20(17,18)13-6-2-3-7-13/h4-5,8-9,13H,2-3,6-7,10-11H2,1H3. The van der Waals surface area contributed by atoms with Crippen molar-refractivity contribution in [3.05, 3.63) is 29.8 Å². The molecule has 1 fully saturated rings. The highest BCUT2D eigenvalue weighted by molar-refractivity contribution is 7.92. The normalized spacial score (nSPS) is 16.2. The van der Waals surface area contributed by atoms with Crippen molar-refractivity contribution >= 4 is 15.6 Å². The van der Waals surface area contributed by atoms with Crippen LogP contribution in [-0.4, -0.2) is 31.8 Å². The van der Waals surface area contributed by atoms with E-state index in [2.05, 4.69) is 0 Å². The van der Waals surface area contributed by atoms with E-state index in [0.29, 0.717) is 11.3 Å². The quantitative estimate of drug-likeness (QED) is 0.757. The third-order valence-corrected chi connectivity index (χ3v) is 5.92. The minimum atomic E-state index is -3.07. The van der Waals surface area contributed by atoms with Crippen molar-refractivity contribution in [1.29, 1.82) is 0 Å². The number of carbonyl (C=O) groups is 1. The van der Waals surface area contributed by atoms with Crippen LogP contribution >= 0.6 is 0 Å². The molecule has 1 aromatic carbocycles. The van der Waals surface area contributed by atoms with Gasteiger partial charge in [-0.15, -0.1) is 0 Å². The SMILES string of the molecule is CC(=O)c1ccccc1OCCS(=O)(=O)C1CCCC1. The summed E-state index contributed by atoms with van der Waals surface area (Å²) < 4.78 is 29.7. The summed E-state index contributed by atoms with van der Waals surface area (Å²) in [6.07, 6.45) is 3.54. The number of ketones is 1. The summed E-state index contributed by atoms with van der Waals surface area (Å²) in [4.78, 5) is 11.4. The largest absolute Gasteiger partial charge is 0.492 e. The van der Waals surface area contributed by atoms with Gasteiger partial charge in [-0.05, 0) is 31.9 Å². The number of benzene rings is 1. The summed E-state index contributed by atoms with van der Waals surface area (Å²) in [5.74, 6) is 0.394. The third-order valence-electron chi connectivity index (χ3n) is 3.70. The molecule has 0 aromatic heterocycles. The molecule has 5 heteroatoms. The fraction of sp³-hybridized carbons (Fsp3) is 0.533. The Kier molecular flexibility index (Phi) is 4.81. The smallest absolute Gasteiger partial charge is 0.163 e. The Labute approximate surface area is 120 Å². The predicted octanol–water partition coefficient (Wildman–Crippen LogP) is 2.63. The van der Waals surface area contributed by atoms with E-state index < -0.39 is 9.84 Å². The lowest BCUT2D eigenvalue weighted by molar-refractivity contribution is 0.101. The molecule has 20 heavy (non-hydrogen) atoms. The molecule has 0 unspecified atom stereocenters. The average molecular weight is 296 g/mol. The van der Waals surface area contributed by atoms with E-state index in [1.807, 2.05) is 0 Å². The number of para-hydroxylation sites is 1.